The maximum Gasteiger partial charge on any atom is 0.305 e. The van der Waals surface area contributed by atoms with Crippen LogP contribution in [0.2, 0.25) is 0 Å². The summed E-state index contributed by atoms with van der Waals surface area (Å²) in [6.45, 7) is 4.76. The van der Waals surface area contributed by atoms with E-state index in [9.17, 15) is 9.59 Å². The number of thiophene rings is 1. The van der Waals surface area contributed by atoms with Crippen LogP contribution in [0, 0.1) is 6.92 Å². The van der Waals surface area contributed by atoms with Gasteiger partial charge < -0.3 is 9.64 Å². The number of rotatable bonds is 7. The summed E-state index contributed by atoms with van der Waals surface area (Å²) in [5.41, 5.74) is 1.27. The summed E-state index contributed by atoms with van der Waals surface area (Å²) in [5, 5.41) is 0. The average Bonchev–Trinajstić information content (AvgIpc) is 2.79. The Hall–Kier alpha value is -1.36. The number of amides is 1. The van der Waals surface area contributed by atoms with Gasteiger partial charge in [0, 0.05) is 24.9 Å². The van der Waals surface area contributed by atoms with Crippen LogP contribution in [0.3, 0.4) is 0 Å². The van der Waals surface area contributed by atoms with E-state index in [0.717, 1.165) is 17.7 Å². The van der Waals surface area contributed by atoms with Gasteiger partial charge >= 0.3 is 5.97 Å². The second-order valence-corrected chi connectivity index (χ2v) is 6.10. The predicted octanol–water partition coefficient (Wildman–Crippen LogP) is 3.03. The number of hydrogen-bond acceptors (Lipinski definition) is 4. The smallest absolute Gasteiger partial charge is 0.305 e. The quantitative estimate of drug-likeness (QED) is 0.727. The van der Waals surface area contributed by atoms with Crippen molar-refractivity contribution in [3.63, 3.8) is 0 Å². The van der Waals surface area contributed by atoms with Crippen molar-refractivity contribution in [2.75, 3.05) is 20.7 Å². The van der Waals surface area contributed by atoms with Gasteiger partial charge in [-0.25, -0.2) is 0 Å². The molecule has 0 bridgehead atoms. The van der Waals surface area contributed by atoms with Gasteiger partial charge in [0.25, 0.3) is 5.91 Å². The summed E-state index contributed by atoms with van der Waals surface area (Å²) in [4.78, 5) is 27.0. The molecule has 20 heavy (non-hydrogen) atoms. The molecule has 0 aliphatic carbocycles. The molecule has 1 aromatic heterocycles. The van der Waals surface area contributed by atoms with Gasteiger partial charge in [0.2, 0.25) is 0 Å². The molecule has 0 saturated heterocycles. The number of esters is 1. The maximum atomic E-state index is 12.3. The van der Waals surface area contributed by atoms with Crippen LogP contribution in [0.15, 0.2) is 6.07 Å². The molecule has 1 heterocycles. The molecule has 0 spiro atoms. The van der Waals surface area contributed by atoms with E-state index in [-0.39, 0.29) is 11.9 Å². The SMILES string of the molecule is CCCc1cc(C(=O)N(C)CCCC(=O)OC)sc1C. The molecular weight excluding hydrogens is 274 g/mol. The van der Waals surface area contributed by atoms with Crippen molar-refractivity contribution in [1.82, 2.24) is 4.90 Å². The molecule has 1 aromatic rings. The van der Waals surface area contributed by atoms with Crippen molar-refractivity contribution in [2.45, 2.75) is 39.5 Å². The molecule has 0 unspecified atom stereocenters. The fourth-order valence-corrected chi connectivity index (χ4v) is 3.06. The van der Waals surface area contributed by atoms with E-state index in [4.69, 9.17) is 0 Å². The third-order valence-corrected chi connectivity index (χ3v) is 4.28. The lowest BCUT2D eigenvalue weighted by molar-refractivity contribution is -0.140. The van der Waals surface area contributed by atoms with Crippen LogP contribution in [0.4, 0.5) is 0 Å². The molecule has 0 aromatic carbocycles. The molecule has 0 atom stereocenters. The zero-order chi connectivity index (χ0) is 15.1. The van der Waals surface area contributed by atoms with Crippen LogP contribution >= 0.6 is 11.3 Å². The minimum atomic E-state index is -0.233. The van der Waals surface area contributed by atoms with Gasteiger partial charge in [0.1, 0.15) is 0 Å². The van der Waals surface area contributed by atoms with Crippen LogP contribution in [0.25, 0.3) is 0 Å². The molecule has 0 radical (unpaired) electrons. The minimum Gasteiger partial charge on any atom is -0.469 e. The van der Waals surface area contributed by atoms with E-state index in [2.05, 4.69) is 18.6 Å². The first-order valence-electron chi connectivity index (χ1n) is 6.91. The third kappa shape index (κ3) is 4.63. The minimum absolute atomic E-state index is 0.0327. The van der Waals surface area contributed by atoms with Crippen molar-refractivity contribution in [1.29, 1.82) is 0 Å². The van der Waals surface area contributed by atoms with Gasteiger partial charge in [-0.15, -0.1) is 11.3 Å². The van der Waals surface area contributed by atoms with Gasteiger partial charge in [-0.2, -0.15) is 0 Å². The Morgan fingerprint density at radius 1 is 1.40 bits per heavy atom. The van der Waals surface area contributed by atoms with E-state index < -0.39 is 0 Å². The number of ether oxygens (including phenoxy) is 1. The molecular formula is C15H23NO3S. The van der Waals surface area contributed by atoms with Gasteiger partial charge in [0.05, 0.1) is 12.0 Å². The molecule has 4 nitrogen and oxygen atoms in total. The Morgan fingerprint density at radius 2 is 2.10 bits per heavy atom. The maximum absolute atomic E-state index is 12.3. The average molecular weight is 297 g/mol. The highest BCUT2D eigenvalue weighted by Gasteiger charge is 2.16. The van der Waals surface area contributed by atoms with Crippen molar-refractivity contribution in [3.8, 4) is 0 Å². The number of nitrogens with zero attached hydrogens (tertiary/aromatic N) is 1. The lowest BCUT2D eigenvalue weighted by Gasteiger charge is -2.15. The highest BCUT2D eigenvalue weighted by molar-refractivity contribution is 7.14. The standard InChI is InChI=1S/C15H23NO3S/c1-5-7-12-10-13(20-11(12)2)15(18)16(3)9-6-8-14(17)19-4/h10H,5-9H2,1-4H3. The molecule has 0 fully saturated rings. The van der Waals surface area contributed by atoms with Gasteiger partial charge in [-0.3, -0.25) is 9.59 Å². The molecule has 0 aliphatic rings. The van der Waals surface area contributed by atoms with Gasteiger partial charge in [0.15, 0.2) is 0 Å². The first-order valence-corrected chi connectivity index (χ1v) is 7.72. The first kappa shape index (κ1) is 16.7. The zero-order valence-corrected chi connectivity index (χ0v) is 13.5. The fraction of sp³-hybridized carbons (Fsp3) is 0.600. The first-order chi connectivity index (χ1) is 9.49. The van der Waals surface area contributed by atoms with Crippen molar-refractivity contribution >= 4 is 23.2 Å². The lowest BCUT2D eigenvalue weighted by Crippen LogP contribution is -2.27. The Kier molecular flexibility index (Phi) is 6.71. The highest BCUT2D eigenvalue weighted by atomic mass is 32.1. The number of aryl methyl sites for hydroxylation is 2. The zero-order valence-electron chi connectivity index (χ0n) is 12.7. The number of carbonyl (C=O) groups is 2. The Balaban J connectivity index is 2.56. The van der Waals surface area contributed by atoms with Crippen molar-refractivity contribution in [3.05, 3.63) is 21.4 Å². The number of methoxy groups -OCH3 is 1. The molecule has 1 rings (SSSR count). The fourth-order valence-electron chi connectivity index (χ4n) is 2.00. The van der Waals surface area contributed by atoms with E-state index in [0.29, 0.717) is 19.4 Å². The summed E-state index contributed by atoms with van der Waals surface area (Å²) in [6, 6.07) is 2.00. The number of hydrogen-bond donors (Lipinski definition) is 0. The van der Waals surface area contributed by atoms with Crippen molar-refractivity contribution in [2.24, 2.45) is 0 Å². The van der Waals surface area contributed by atoms with E-state index in [1.54, 1.807) is 23.3 Å². The van der Waals surface area contributed by atoms with Gasteiger partial charge in [-0.1, -0.05) is 13.3 Å². The highest BCUT2D eigenvalue weighted by Crippen LogP contribution is 2.24. The number of carbonyl (C=O) groups excluding carboxylic acids is 2. The third-order valence-electron chi connectivity index (χ3n) is 3.20. The summed E-state index contributed by atoms with van der Waals surface area (Å²) in [5.74, 6) is -0.201. The van der Waals surface area contributed by atoms with Crippen LogP contribution in [0.1, 0.15) is 46.3 Å². The molecule has 0 N–H and O–H groups in total. The van der Waals surface area contributed by atoms with E-state index in [1.807, 2.05) is 6.07 Å². The molecule has 5 heteroatoms. The second-order valence-electron chi connectivity index (χ2n) is 4.85. The monoisotopic (exact) mass is 297 g/mol. The lowest BCUT2D eigenvalue weighted by atomic mass is 10.1. The topological polar surface area (TPSA) is 46.6 Å². The summed E-state index contributed by atoms with van der Waals surface area (Å²) < 4.78 is 4.58. The van der Waals surface area contributed by atoms with Gasteiger partial charge in [-0.05, 0) is 31.4 Å². The Bertz CT molecular complexity index is 468. The van der Waals surface area contributed by atoms with Crippen LogP contribution in [0.5, 0.6) is 0 Å². The largest absolute Gasteiger partial charge is 0.469 e. The summed E-state index contributed by atoms with van der Waals surface area (Å²) in [7, 11) is 3.15. The van der Waals surface area contributed by atoms with Crippen molar-refractivity contribution < 1.29 is 14.3 Å². The molecule has 0 aliphatic heterocycles. The molecule has 112 valence electrons. The molecule has 1 amide bonds. The van der Waals surface area contributed by atoms with E-state index >= 15 is 0 Å². The van der Waals surface area contributed by atoms with E-state index in [1.165, 1.54) is 17.6 Å². The van der Waals surface area contributed by atoms with Crippen LogP contribution in [-0.2, 0) is 16.0 Å². The molecule has 0 saturated carbocycles. The normalized spacial score (nSPS) is 10.4. The second kappa shape index (κ2) is 8.04. The van der Waals surface area contributed by atoms with Crippen LogP contribution < -0.4 is 0 Å². The van der Waals surface area contributed by atoms with Crippen LogP contribution in [-0.4, -0.2) is 37.5 Å². The Labute approximate surface area is 124 Å². The Morgan fingerprint density at radius 3 is 2.70 bits per heavy atom. The summed E-state index contributed by atoms with van der Waals surface area (Å²) >= 11 is 1.55. The predicted molar refractivity (Wildman–Crippen MR) is 81.3 cm³/mol. The summed E-state index contributed by atoms with van der Waals surface area (Å²) in [6.07, 6.45) is 3.07.